The Morgan fingerprint density at radius 3 is 2.81 bits per heavy atom. The zero-order chi connectivity index (χ0) is 12.0. The van der Waals surface area contributed by atoms with E-state index in [0.29, 0.717) is 10.3 Å². The number of halogens is 1. The standard InChI is InChI=1S/C11H14BrNOS2/c1-3-7-16-8-5-6-9(12)13-10(8)11(14)15-4-2/h5-6H,3-4,7H2,1-2H3. The van der Waals surface area contributed by atoms with Crippen molar-refractivity contribution in [3.8, 4) is 0 Å². The molecule has 0 bridgehead atoms. The summed E-state index contributed by atoms with van der Waals surface area (Å²) in [6.07, 6.45) is 1.09. The maximum absolute atomic E-state index is 11.8. The van der Waals surface area contributed by atoms with Crippen molar-refractivity contribution in [2.75, 3.05) is 11.5 Å². The van der Waals surface area contributed by atoms with Gasteiger partial charge < -0.3 is 0 Å². The highest BCUT2D eigenvalue weighted by atomic mass is 79.9. The van der Waals surface area contributed by atoms with E-state index in [0.717, 1.165) is 22.8 Å². The summed E-state index contributed by atoms with van der Waals surface area (Å²) in [4.78, 5) is 17.1. The van der Waals surface area contributed by atoms with E-state index in [1.54, 1.807) is 11.8 Å². The van der Waals surface area contributed by atoms with Gasteiger partial charge in [-0.1, -0.05) is 25.6 Å². The molecular weight excluding hydrogens is 306 g/mol. The van der Waals surface area contributed by atoms with Crippen molar-refractivity contribution in [3.63, 3.8) is 0 Å². The van der Waals surface area contributed by atoms with Crippen LogP contribution in [0.15, 0.2) is 21.6 Å². The first kappa shape index (κ1) is 14.1. The molecule has 0 aliphatic carbocycles. The van der Waals surface area contributed by atoms with Crippen LogP contribution in [-0.4, -0.2) is 21.6 Å². The number of hydrogen-bond acceptors (Lipinski definition) is 4. The fourth-order valence-electron chi connectivity index (χ4n) is 1.10. The van der Waals surface area contributed by atoms with Gasteiger partial charge in [-0.25, -0.2) is 4.98 Å². The topological polar surface area (TPSA) is 30.0 Å². The van der Waals surface area contributed by atoms with Crippen LogP contribution in [0.25, 0.3) is 0 Å². The van der Waals surface area contributed by atoms with Gasteiger partial charge in [-0.05, 0) is 46.0 Å². The van der Waals surface area contributed by atoms with E-state index in [1.807, 2.05) is 19.1 Å². The van der Waals surface area contributed by atoms with Crippen LogP contribution in [0.2, 0.25) is 0 Å². The number of aromatic nitrogens is 1. The summed E-state index contributed by atoms with van der Waals surface area (Å²) in [6, 6.07) is 3.84. The van der Waals surface area contributed by atoms with Crippen LogP contribution in [0.5, 0.6) is 0 Å². The Kier molecular flexibility index (Phi) is 6.46. The fraction of sp³-hybridized carbons (Fsp3) is 0.455. The van der Waals surface area contributed by atoms with Crippen molar-refractivity contribution < 1.29 is 4.79 Å². The summed E-state index contributed by atoms with van der Waals surface area (Å²) < 4.78 is 0.716. The summed E-state index contributed by atoms with van der Waals surface area (Å²) in [5.74, 6) is 1.80. The Labute approximate surface area is 113 Å². The predicted molar refractivity (Wildman–Crippen MR) is 75.4 cm³/mol. The monoisotopic (exact) mass is 319 g/mol. The predicted octanol–water partition coefficient (Wildman–Crippen LogP) is 4.24. The molecule has 0 fully saturated rings. The molecule has 0 saturated carbocycles. The smallest absolute Gasteiger partial charge is 0.238 e. The average Bonchev–Trinajstić information content (AvgIpc) is 2.27. The minimum Gasteiger partial charge on any atom is -0.280 e. The number of carbonyl (C=O) groups is 1. The summed E-state index contributed by atoms with van der Waals surface area (Å²) in [6.45, 7) is 4.10. The quantitative estimate of drug-likeness (QED) is 0.599. The second-order valence-corrected chi connectivity index (χ2v) is 6.24. The third-order valence-corrected chi connectivity index (χ3v) is 4.19. The third-order valence-electron chi connectivity index (χ3n) is 1.75. The molecule has 0 radical (unpaired) electrons. The Bertz CT molecular complexity index is 371. The first-order chi connectivity index (χ1) is 7.69. The highest BCUT2D eigenvalue weighted by Crippen LogP contribution is 2.26. The summed E-state index contributed by atoms with van der Waals surface area (Å²) >= 11 is 6.30. The maximum atomic E-state index is 11.8. The van der Waals surface area contributed by atoms with E-state index in [2.05, 4.69) is 27.8 Å². The number of carbonyl (C=O) groups excluding carboxylic acids is 1. The minimum absolute atomic E-state index is 0.0578. The molecule has 0 aromatic carbocycles. The molecule has 1 heterocycles. The van der Waals surface area contributed by atoms with Crippen molar-refractivity contribution >= 4 is 44.6 Å². The molecule has 0 amide bonds. The number of nitrogens with zero attached hydrogens (tertiary/aromatic N) is 1. The van der Waals surface area contributed by atoms with Crippen molar-refractivity contribution in [3.05, 3.63) is 22.4 Å². The molecular formula is C11H14BrNOS2. The molecule has 1 aromatic rings. The van der Waals surface area contributed by atoms with Gasteiger partial charge >= 0.3 is 0 Å². The molecule has 0 N–H and O–H groups in total. The molecule has 0 atom stereocenters. The van der Waals surface area contributed by atoms with Gasteiger partial charge in [0.25, 0.3) is 0 Å². The van der Waals surface area contributed by atoms with Gasteiger partial charge in [0.2, 0.25) is 5.12 Å². The molecule has 1 aromatic heterocycles. The van der Waals surface area contributed by atoms with E-state index in [9.17, 15) is 4.79 Å². The molecule has 0 saturated heterocycles. The van der Waals surface area contributed by atoms with Crippen molar-refractivity contribution in [1.82, 2.24) is 4.98 Å². The van der Waals surface area contributed by atoms with Crippen molar-refractivity contribution in [1.29, 1.82) is 0 Å². The molecule has 88 valence electrons. The van der Waals surface area contributed by atoms with Gasteiger partial charge in [0, 0.05) is 4.90 Å². The van der Waals surface area contributed by atoms with Crippen LogP contribution in [0, 0.1) is 0 Å². The largest absolute Gasteiger partial charge is 0.280 e. The highest BCUT2D eigenvalue weighted by Gasteiger charge is 2.13. The van der Waals surface area contributed by atoms with Crippen molar-refractivity contribution in [2.24, 2.45) is 0 Å². The lowest BCUT2D eigenvalue weighted by molar-refractivity contribution is 0.108. The molecule has 0 aliphatic heterocycles. The van der Waals surface area contributed by atoms with Gasteiger partial charge in [0.1, 0.15) is 10.3 Å². The third kappa shape index (κ3) is 4.11. The Morgan fingerprint density at radius 2 is 2.19 bits per heavy atom. The van der Waals surface area contributed by atoms with Crippen LogP contribution in [-0.2, 0) is 0 Å². The van der Waals surface area contributed by atoms with E-state index in [-0.39, 0.29) is 5.12 Å². The second-order valence-electron chi connectivity index (χ2n) is 3.05. The SMILES string of the molecule is CCCSc1ccc(Br)nc1C(=O)SCC. The summed E-state index contributed by atoms with van der Waals surface area (Å²) in [5.41, 5.74) is 0.583. The molecule has 0 aliphatic rings. The molecule has 0 unspecified atom stereocenters. The van der Waals surface area contributed by atoms with Gasteiger partial charge in [-0.3, -0.25) is 4.79 Å². The van der Waals surface area contributed by atoms with Gasteiger partial charge in [-0.2, -0.15) is 0 Å². The normalized spacial score (nSPS) is 10.4. The van der Waals surface area contributed by atoms with Gasteiger partial charge in [0.15, 0.2) is 0 Å². The second kappa shape index (κ2) is 7.35. The Morgan fingerprint density at radius 1 is 1.44 bits per heavy atom. The van der Waals surface area contributed by atoms with E-state index >= 15 is 0 Å². The first-order valence-corrected chi connectivity index (χ1v) is 7.92. The molecule has 1 rings (SSSR count). The molecule has 16 heavy (non-hydrogen) atoms. The Hall–Kier alpha value is -0.000000000000000111. The van der Waals surface area contributed by atoms with Crippen LogP contribution in [0.3, 0.4) is 0 Å². The number of thioether (sulfide) groups is 2. The Balaban J connectivity index is 2.93. The lowest BCUT2D eigenvalue weighted by Crippen LogP contribution is -2.01. The van der Waals surface area contributed by atoms with E-state index in [1.165, 1.54) is 11.8 Å². The molecule has 5 heteroatoms. The van der Waals surface area contributed by atoms with Crippen LogP contribution in [0.1, 0.15) is 30.8 Å². The van der Waals surface area contributed by atoms with Crippen LogP contribution in [0.4, 0.5) is 0 Å². The fourth-order valence-corrected chi connectivity index (χ4v) is 2.89. The first-order valence-electron chi connectivity index (χ1n) is 5.15. The lowest BCUT2D eigenvalue weighted by atomic mass is 10.4. The number of rotatable bonds is 5. The summed E-state index contributed by atoms with van der Waals surface area (Å²) in [5, 5.41) is 0.0578. The number of hydrogen-bond donors (Lipinski definition) is 0. The zero-order valence-electron chi connectivity index (χ0n) is 9.33. The van der Waals surface area contributed by atoms with Crippen LogP contribution < -0.4 is 0 Å². The van der Waals surface area contributed by atoms with Gasteiger partial charge in [-0.15, -0.1) is 11.8 Å². The number of pyridine rings is 1. The highest BCUT2D eigenvalue weighted by molar-refractivity contribution is 9.10. The molecule has 0 spiro atoms. The average molecular weight is 320 g/mol. The summed E-state index contributed by atoms with van der Waals surface area (Å²) in [7, 11) is 0. The van der Waals surface area contributed by atoms with E-state index < -0.39 is 0 Å². The maximum Gasteiger partial charge on any atom is 0.238 e. The van der Waals surface area contributed by atoms with Gasteiger partial charge in [0.05, 0.1) is 0 Å². The lowest BCUT2D eigenvalue weighted by Gasteiger charge is -2.06. The van der Waals surface area contributed by atoms with Crippen LogP contribution >= 0.6 is 39.5 Å². The zero-order valence-corrected chi connectivity index (χ0v) is 12.5. The minimum atomic E-state index is 0.0578. The van der Waals surface area contributed by atoms with Crippen molar-refractivity contribution in [2.45, 2.75) is 25.2 Å². The van der Waals surface area contributed by atoms with E-state index in [4.69, 9.17) is 0 Å². The molecule has 2 nitrogen and oxygen atoms in total.